The first kappa shape index (κ1) is 24.3. The Kier molecular flexibility index (Phi) is 6.57. The van der Waals surface area contributed by atoms with Gasteiger partial charge >= 0.3 is 5.97 Å². The van der Waals surface area contributed by atoms with Crippen LogP contribution in [0.4, 0.5) is 10.1 Å². The number of rotatable bonds is 6. The molecule has 0 saturated heterocycles. The summed E-state index contributed by atoms with van der Waals surface area (Å²) in [6, 6.07) is 13.8. The lowest BCUT2D eigenvalue weighted by Crippen LogP contribution is -2.32. The number of aryl methyl sites for hydroxylation is 1. The maximum Gasteiger partial charge on any atom is 0.308 e. The molecular formula is C29H30FNO4. The summed E-state index contributed by atoms with van der Waals surface area (Å²) in [5.74, 6) is 0.790. The first-order valence-corrected chi connectivity index (χ1v) is 11.5. The molecule has 35 heavy (non-hydrogen) atoms. The maximum absolute atomic E-state index is 13.9. The van der Waals surface area contributed by atoms with Crippen molar-refractivity contribution >= 4 is 17.2 Å². The summed E-state index contributed by atoms with van der Waals surface area (Å²) in [5, 5.41) is 3.58. The third-order valence-corrected chi connectivity index (χ3v) is 5.99. The minimum absolute atomic E-state index is 0.205. The summed E-state index contributed by atoms with van der Waals surface area (Å²) in [4.78, 5) is 11.6. The standard InChI is InChI=1S/C29H30FNO4/c1-17-7-8-20(30)13-27(17)34-16-24-22(10-11-25-28(24)18(2)15-29(4,5)31-25)23-14-21(35-19(3)32)9-12-26(23)33-6/h7-15,31H,16H2,1-6H3. The fraction of sp³-hybridized carbons (Fsp3) is 0.276. The number of benzene rings is 3. The molecule has 0 unspecified atom stereocenters. The molecule has 0 aliphatic carbocycles. The molecule has 0 atom stereocenters. The zero-order valence-electron chi connectivity index (χ0n) is 20.9. The van der Waals surface area contributed by atoms with E-state index in [1.165, 1.54) is 19.1 Å². The SMILES string of the molecule is COc1ccc(OC(C)=O)cc1-c1ccc2c(c1COc1cc(F)ccc1C)C(C)=CC(C)(C)N2. The Labute approximate surface area is 205 Å². The van der Waals surface area contributed by atoms with Crippen LogP contribution in [0.2, 0.25) is 0 Å². The number of ether oxygens (including phenoxy) is 3. The highest BCUT2D eigenvalue weighted by molar-refractivity contribution is 5.88. The van der Waals surface area contributed by atoms with Crippen LogP contribution in [0.1, 0.15) is 44.4 Å². The number of allylic oxidation sites excluding steroid dienone is 1. The lowest BCUT2D eigenvalue weighted by atomic mass is 9.85. The van der Waals surface area contributed by atoms with Gasteiger partial charge in [-0.2, -0.15) is 0 Å². The Hall–Kier alpha value is -3.80. The number of anilines is 1. The molecule has 1 N–H and O–H groups in total. The average molecular weight is 476 g/mol. The van der Waals surface area contributed by atoms with Crippen LogP contribution in [0.5, 0.6) is 17.2 Å². The van der Waals surface area contributed by atoms with Crippen LogP contribution in [0.15, 0.2) is 54.6 Å². The molecular weight excluding hydrogens is 445 g/mol. The van der Waals surface area contributed by atoms with Crippen LogP contribution in [0.25, 0.3) is 16.7 Å². The summed E-state index contributed by atoms with van der Waals surface area (Å²) < 4.78 is 31.1. The molecule has 182 valence electrons. The molecule has 0 bridgehead atoms. The van der Waals surface area contributed by atoms with Gasteiger partial charge in [-0.3, -0.25) is 4.79 Å². The molecule has 0 spiro atoms. The van der Waals surface area contributed by atoms with Crippen molar-refractivity contribution in [1.29, 1.82) is 0 Å². The van der Waals surface area contributed by atoms with E-state index in [4.69, 9.17) is 14.2 Å². The first-order valence-electron chi connectivity index (χ1n) is 11.5. The third-order valence-electron chi connectivity index (χ3n) is 5.99. The fourth-order valence-electron chi connectivity index (χ4n) is 4.61. The lowest BCUT2D eigenvalue weighted by Gasteiger charge is -2.33. The summed E-state index contributed by atoms with van der Waals surface area (Å²) in [6.45, 7) is 9.77. The van der Waals surface area contributed by atoms with Crippen molar-refractivity contribution in [3.05, 3.63) is 77.1 Å². The number of esters is 1. The van der Waals surface area contributed by atoms with Gasteiger partial charge in [0.15, 0.2) is 0 Å². The van der Waals surface area contributed by atoms with Crippen LogP contribution in [0, 0.1) is 12.7 Å². The van der Waals surface area contributed by atoms with Gasteiger partial charge < -0.3 is 19.5 Å². The van der Waals surface area contributed by atoms with Crippen molar-refractivity contribution in [3.8, 4) is 28.4 Å². The number of hydrogen-bond donors (Lipinski definition) is 1. The Morgan fingerprint density at radius 3 is 2.49 bits per heavy atom. The molecule has 0 fully saturated rings. The van der Waals surface area contributed by atoms with Crippen LogP contribution >= 0.6 is 0 Å². The molecule has 0 amide bonds. The van der Waals surface area contributed by atoms with Gasteiger partial charge in [0.25, 0.3) is 0 Å². The minimum Gasteiger partial charge on any atom is -0.496 e. The summed E-state index contributed by atoms with van der Waals surface area (Å²) in [7, 11) is 1.60. The highest BCUT2D eigenvalue weighted by Crippen LogP contribution is 2.43. The summed E-state index contributed by atoms with van der Waals surface area (Å²) in [5.41, 5.74) is 6.32. The van der Waals surface area contributed by atoms with E-state index in [0.717, 1.165) is 39.1 Å². The number of carbonyl (C=O) groups excluding carboxylic acids is 1. The molecule has 5 nitrogen and oxygen atoms in total. The molecule has 0 aromatic heterocycles. The van der Waals surface area contributed by atoms with Gasteiger partial charge in [-0.1, -0.05) is 18.2 Å². The second-order valence-electron chi connectivity index (χ2n) is 9.34. The van der Waals surface area contributed by atoms with Crippen LogP contribution in [0.3, 0.4) is 0 Å². The highest BCUT2D eigenvalue weighted by Gasteiger charge is 2.27. The molecule has 1 aliphatic heterocycles. The fourth-order valence-corrected chi connectivity index (χ4v) is 4.61. The minimum atomic E-state index is -0.401. The topological polar surface area (TPSA) is 56.8 Å². The molecule has 0 saturated carbocycles. The van der Waals surface area contributed by atoms with Gasteiger partial charge in [0.2, 0.25) is 0 Å². The van der Waals surface area contributed by atoms with Crippen molar-refractivity contribution < 1.29 is 23.4 Å². The van der Waals surface area contributed by atoms with Crippen molar-refractivity contribution in [2.45, 2.75) is 46.8 Å². The summed E-state index contributed by atoms with van der Waals surface area (Å²) >= 11 is 0. The normalized spacial score (nSPS) is 13.9. The number of halogens is 1. The van der Waals surface area contributed by atoms with Crippen LogP contribution in [-0.2, 0) is 11.4 Å². The second-order valence-corrected chi connectivity index (χ2v) is 9.34. The van der Waals surface area contributed by atoms with E-state index >= 15 is 0 Å². The van der Waals surface area contributed by atoms with Crippen molar-refractivity contribution in [1.82, 2.24) is 0 Å². The summed E-state index contributed by atoms with van der Waals surface area (Å²) in [6.07, 6.45) is 2.18. The van der Waals surface area contributed by atoms with Crippen molar-refractivity contribution in [3.63, 3.8) is 0 Å². The van der Waals surface area contributed by atoms with Gasteiger partial charge in [0, 0.05) is 35.4 Å². The van der Waals surface area contributed by atoms with Crippen LogP contribution in [-0.4, -0.2) is 18.6 Å². The quantitative estimate of drug-likeness (QED) is 0.310. The average Bonchev–Trinajstić information content (AvgIpc) is 2.78. The van der Waals surface area contributed by atoms with Gasteiger partial charge in [0.05, 0.1) is 12.6 Å². The van der Waals surface area contributed by atoms with E-state index in [0.29, 0.717) is 17.2 Å². The van der Waals surface area contributed by atoms with Crippen molar-refractivity contribution in [2.75, 3.05) is 12.4 Å². The molecule has 0 radical (unpaired) electrons. The van der Waals surface area contributed by atoms with E-state index in [1.807, 2.05) is 19.1 Å². The third kappa shape index (κ3) is 5.16. The van der Waals surface area contributed by atoms with E-state index in [2.05, 4.69) is 32.2 Å². The zero-order valence-corrected chi connectivity index (χ0v) is 20.9. The van der Waals surface area contributed by atoms with E-state index in [1.54, 1.807) is 31.4 Å². The number of carbonyl (C=O) groups is 1. The number of hydrogen-bond acceptors (Lipinski definition) is 5. The molecule has 3 aromatic rings. The molecule has 4 rings (SSSR count). The van der Waals surface area contributed by atoms with Gasteiger partial charge in [-0.05, 0) is 74.7 Å². The smallest absolute Gasteiger partial charge is 0.308 e. The largest absolute Gasteiger partial charge is 0.496 e. The Morgan fingerprint density at radius 2 is 1.77 bits per heavy atom. The van der Waals surface area contributed by atoms with Gasteiger partial charge in [-0.25, -0.2) is 4.39 Å². The Morgan fingerprint density at radius 1 is 1.00 bits per heavy atom. The van der Waals surface area contributed by atoms with Crippen LogP contribution < -0.4 is 19.5 Å². The molecule has 6 heteroatoms. The first-order chi connectivity index (χ1) is 16.6. The lowest BCUT2D eigenvalue weighted by molar-refractivity contribution is -0.131. The number of fused-ring (bicyclic) bond motifs is 1. The van der Waals surface area contributed by atoms with E-state index in [9.17, 15) is 9.18 Å². The number of nitrogens with one attached hydrogen (secondary N) is 1. The second kappa shape index (κ2) is 9.45. The molecule has 1 heterocycles. The van der Waals surface area contributed by atoms with Gasteiger partial charge in [0.1, 0.15) is 29.7 Å². The van der Waals surface area contributed by atoms with E-state index in [-0.39, 0.29) is 18.0 Å². The highest BCUT2D eigenvalue weighted by atomic mass is 19.1. The molecule has 1 aliphatic rings. The monoisotopic (exact) mass is 475 g/mol. The molecule has 3 aromatic carbocycles. The van der Waals surface area contributed by atoms with Gasteiger partial charge in [-0.15, -0.1) is 0 Å². The van der Waals surface area contributed by atoms with E-state index < -0.39 is 5.97 Å². The Bertz CT molecular complexity index is 1330. The number of methoxy groups -OCH3 is 1. The predicted molar refractivity (Wildman–Crippen MR) is 137 cm³/mol. The zero-order chi connectivity index (χ0) is 25.3. The Balaban J connectivity index is 1.89. The maximum atomic E-state index is 13.9. The predicted octanol–water partition coefficient (Wildman–Crippen LogP) is 6.92. The van der Waals surface area contributed by atoms with Crippen molar-refractivity contribution in [2.24, 2.45) is 0 Å².